The second-order valence-corrected chi connectivity index (χ2v) is 4.16. The summed E-state index contributed by atoms with van der Waals surface area (Å²) >= 11 is 0. The predicted molar refractivity (Wildman–Crippen MR) is 71.4 cm³/mol. The topological polar surface area (TPSA) is 63.3 Å². The molecule has 0 radical (unpaired) electrons. The summed E-state index contributed by atoms with van der Waals surface area (Å²) in [6, 6.07) is 13.2. The first-order valence-electron chi connectivity index (χ1n) is 5.75. The van der Waals surface area contributed by atoms with Crippen LogP contribution in [0.5, 0.6) is 5.75 Å². The molecule has 0 amide bonds. The summed E-state index contributed by atoms with van der Waals surface area (Å²) in [6.45, 7) is 1.64. The molecule has 92 valence electrons. The molecule has 0 fully saturated rings. The van der Waals surface area contributed by atoms with Gasteiger partial charge >= 0.3 is 0 Å². The first-order valence-corrected chi connectivity index (χ1v) is 5.75. The van der Waals surface area contributed by atoms with Crippen molar-refractivity contribution in [3.63, 3.8) is 0 Å². The second-order valence-electron chi connectivity index (χ2n) is 4.16. The summed E-state index contributed by atoms with van der Waals surface area (Å²) < 4.78 is 0. The van der Waals surface area contributed by atoms with Crippen LogP contribution >= 0.6 is 0 Å². The van der Waals surface area contributed by atoms with Gasteiger partial charge in [0.1, 0.15) is 5.75 Å². The molecule has 0 aliphatic carbocycles. The zero-order valence-corrected chi connectivity index (χ0v) is 10.2. The predicted octanol–water partition coefficient (Wildman–Crippen LogP) is 2.72. The standard InChI is InChI=1S/C15H15NO2/c1-10(17)14-8-12(7-13(9-16)15(14)18)11-5-3-2-4-6-11/h2-8,18H,9,16H2,1H3. The van der Waals surface area contributed by atoms with Crippen molar-refractivity contribution >= 4 is 5.78 Å². The zero-order chi connectivity index (χ0) is 13.1. The van der Waals surface area contributed by atoms with Gasteiger partial charge < -0.3 is 10.8 Å². The smallest absolute Gasteiger partial charge is 0.163 e. The van der Waals surface area contributed by atoms with E-state index in [-0.39, 0.29) is 18.1 Å². The maximum absolute atomic E-state index is 11.5. The van der Waals surface area contributed by atoms with Crippen molar-refractivity contribution in [2.75, 3.05) is 0 Å². The minimum absolute atomic E-state index is 0.00955. The molecule has 0 atom stereocenters. The quantitative estimate of drug-likeness (QED) is 0.812. The number of phenols is 1. The van der Waals surface area contributed by atoms with Crippen LogP contribution in [-0.2, 0) is 6.54 Å². The van der Waals surface area contributed by atoms with Crippen LogP contribution in [-0.4, -0.2) is 10.9 Å². The summed E-state index contributed by atoms with van der Waals surface area (Å²) in [7, 11) is 0. The van der Waals surface area contributed by atoms with Crippen molar-refractivity contribution in [3.05, 3.63) is 53.6 Å². The van der Waals surface area contributed by atoms with Crippen LogP contribution in [0.2, 0.25) is 0 Å². The van der Waals surface area contributed by atoms with Crippen LogP contribution < -0.4 is 5.73 Å². The lowest BCUT2D eigenvalue weighted by Gasteiger charge is -2.10. The minimum atomic E-state index is -0.167. The van der Waals surface area contributed by atoms with Crippen molar-refractivity contribution in [1.29, 1.82) is 0 Å². The van der Waals surface area contributed by atoms with Gasteiger partial charge in [0.05, 0.1) is 5.56 Å². The van der Waals surface area contributed by atoms with Gasteiger partial charge in [-0.25, -0.2) is 0 Å². The second kappa shape index (κ2) is 5.02. The lowest BCUT2D eigenvalue weighted by atomic mass is 9.97. The fraction of sp³-hybridized carbons (Fsp3) is 0.133. The van der Waals surface area contributed by atoms with Gasteiger partial charge in [0.15, 0.2) is 5.78 Å². The van der Waals surface area contributed by atoms with Crippen LogP contribution in [0.1, 0.15) is 22.8 Å². The number of hydrogen-bond acceptors (Lipinski definition) is 3. The Bertz CT molecular complexity index is 577. The largest absolute Gasteiger partial charge is 0.507 e. The van der Waals surface area contributed by atoms with E-state index in [2.05, 4.69) is 0 Å². The molecule has 3 N–H and O–H groups in total. The van der Waals surface area contributed by atoms with E-state index in [4.69, 9.17) is 5.73 Å². The number of aromatic hydroxyl groups is 1. The number of phenolic OH excluding ortho intramolecular Hbond substituents is 1. The normalized spacial score (nSPS) is 10.3. The summed E-state index contributed by atoms with van der Waals surface area (Å²) in [4.78, 5) is 11.5. The highest BCUT2D eigenvalue weighted by atomic mass is 16.3. The van der Waals surface area contributed by atoms with Gasteiger partial charge in [-0.05, 0) is 30.2 Å². The van der Waals surface area contributed by atoms with Gasteiger partial charge in [-0.15, -0.1) is 0 Å². The van der Waals surface area contributed by atoms with E-state index in [1.54, 1.807) is 6.07 Å². The zero-order valence-electron chi connectivity index (χ0n) is 10.2. The molecule has 18 heavy (non-hydrogen) atoms. The Morgan fingerprint density at radius 2 is 1.83 bits per heavy atom. The van der Waals surface area contributed by atoms with Crippen LogP contribution in [0.25, 0.3) is 11.1 Å². The molecule has 0 spiro atoms. The van der Waals surface area contributed by atoms with Crippen molar-refractivity contribution in [2.45, 2.75) is 13.5 Å². The molecule has 2 aromatic carbocycles. The SMILES string of the molecule is CC(=O)c1cc(-c2ccccc2)cc(CN)c1O. The Morgan fingerprint density at radius 1 is 1.17 bits per heavy atom. The number of ketones is 1. The van der Waals surface area contributed by atoms with E-state index in [1.165, 1.54) is 6.92 Å². The first kappa shape index (κ1) is 12.3. The molecule has 2 rings (SSSR count). The number of carbonyl (C=O) groups is 1. The third kappa shape index (κ3) is 2.26. The van der Waals surface area contributed by atoms with Crippen molar-refractivity contribution in [3.8, 4) is 16.9 Å². The number of rotatable bonds is 3. The summed E-state index contributed by atoms with van der Waals surface area (Å²) in [5.74, 6) is -0.176. The van der Waals surface area contributed by atoms with Gasteiger partial charge in [0, 0.05) is 12.1 Å². The van der Waals surface area contributed by atoms with Gasteiger partial charge in [-0.3, -0.25) is 4.79 Å². The first-order chi connectivity index (χ1) is 8.63. The average Bonchev–Trinajstić information content (AvgIpc) is 2.39. The van der Waals surface area contributed by atoms with Crippen LogP contribution in [0.4, 0.5) is 0 Å². The van der Waals surface area contributed by atoms with E-state index >= 15 is 0 Å². The maximum atomic E-state index is 11.5. The molecule has 0 saturated carbocycles. The van der Waals surface area contributed by atoms with E-state index < -0.39 is 0 Å². The summed E-state index contributed by atoms with van der Waals surface area (Å²) in [5, 5.41) is 9.93. The number of hydrogen-bond donors (Lipinski definition) is 2. The van der Waals surface area contributed by atoms with Crippen LogP contribution in [0, 0.1) is 0 Å². The molecular weight excluding hydrogens is 226 g/mol. The number of benzene rings is 2. The van der Waals surface area contributed by atoms with Crippen molar-refractivity contribution in [1.82, 2.24) is 0 Å². The average molecular weight is 241 g/mol. The molecule has 0 unspecified atom stereocenters. The number of Topliss-reactive ketones (excluding diaryl/α,β-unsaturated/α-hetero) is 1. The van der Waals surface area contributed by atoms with Crippen molar-refractivity contribution < 1.29 is 9.90 Å². The third-order valence-electron chi connectivity index (χ3n) is 2.90. The monoisotopic (exact) mass is 241 g/mol. The minimum Gasteiger partial charge on any atom is -0.507 e. The number of carbonyl (C=O) groups excluding carboxylic acids is 1. The van der Waals surface area contributed by atoms with Crippen molar-refractivity contribution in [2.24, 2.45) is 5.73 Å². The fourth-order valence-corrected chi connectivity index (χ4v) is 1.92. The van der Waals surface area contributed by atoms with E-state index in [9.17, 15) is 9.90 Å². The highest BCUT2D eigenvalue weighted by molar-refractivity contribution is 5.98. The molecule has 0 bridgehead atoms. The van der Waals surface area contributed by atoms with E-state index in [0.717, 1.165) is 11.1 Å². The lowest BCUT2D eigenvalue weighted by Crippen LogP contribution is -2.02. The number of nitrogens with two attached hydrogens (primary N) is 1. The van der Waals surface area contributed by atoms with Gasteiger partial charge in [0.25, 0.3) is 0 Å². The molecule has 2 aromatic rings. The molecule has 3 nitrogen and oxygen atoms in total. The molecule has 0 heterocycles. The molecule has 0 aromatic heterocycles. The summed E-state index contributed by atoms with van der Waals surface area (Å²) in [6.07, 6.45) is 0. The molecule has 0 aliphatic rings. The van der Waals surface area contributed by atoms with E-state index in [0.29, 0.717) is 11.1 Å². The van der Waals surface area contributed by atoms with Gasteiger partial charge in [-0.2, -0.15) is 0 Å². The molecule has 3 heteroatoms. The Hall–Kier alpha value is -2.13. The van der Waals surface area contributed by atoms with E-state index in [1.807, 2.05) is 36.4 Å². The van der Waals surface area contributed by atoms with Gasteiger partial charge in [0.2, 0.25) is 0 Å². The van der Waals surface area contributed by atoms with Gasteiger partial charge in [-0.1, -0.05) is 30.3 Å². The lowest BCUT2D eigenvalue weighted by molar-refractivity contribution is 0.101. The van der Waals surface area contributed by atoms with Crippen LogP contribution in [0.15, 0.2) is 42.5 Å². The Morgan fingerprint density at radius 3 is 2.39 bits per heavy atom. The van der Waals surface area contributed by atoms with Crippen LogP contribution in [0.3, 0.4) is 0 Å². The third-order valence-corrected chi connectivity index (χ3v) is 2.90. The highest BCUT2D eigenvalue weighted by Gasteiger charge is 2.13. The highest BCUT2D eigenvalue weighted by Crippen LogP contribution is 2.30. The Labute approximate surface area is 106 Å². The molecule has 0 saturated heterocycles. The summed E-state index contributed by atoms with van der Waals surface area (Å²) in [5.41, 5.74) is 8.38. The molecular formula is C15H15NO2. The molecule has 0 aliphatic heterocycles. The fourth-order valence-electron chi connectivity index (χ4n) is 1.92. The maximum Gasteiger partial charge on any atom is 0.163 e. The Balaban J connectivity index is 2.63. The Kier molecular flexibility index (Phi) is 3.44.